The Bertz CT molecular complexity index is 1420. The standard InChI is InChI=1S/C27H27F3N2O6S/c1-17-3-12-22(16-23(17)25(33)37-2)39(35,36)32-14-13-18-6-10-21(11-7-18)38-26(34)24(31)15-19-4-8-20(9-5-19)27(28,29)30/h3-12,16,24,32H,13-15,31H2,1-2H3/t24-/m0/s1. The van der Waals surface area contributed by atoms with Crippen LogP contribution in [0.2, 0.25) is 0 Å². The zero-order valence-corrected chi connectivity index (χ0v) is 21.9. The van der Waals surface area contributed by atoms with Crippen LogP contribution in [0.25, 0.3) is 0 Å². The van der Waals surface area contributed by atoms with E-state index in [2.05, 4.69) is 9.46 Å². The topological polar surface area (TPSA) is 125 Å². The number of alkyl halides is 3. The molecule has 39 heavy (non-hydrogen) atoms. The van der Waals surface area contributed by atoms with Crippen molar-refractivity contribution < 1.29 is 40.7 Å². The summed E-state index contributed by atoms with van der Waals surface area (Å²) in [5, 5.41) is 0. The van der Waals surface area contributed by atoms with Gasteiger partial charge in [0.05, 0.1) is 23.1 Å². The molecule has 0 fully saturated rings. The highest BCUT2D eigenvalue weighted by molar-refractivity contribution is 7.89. The lowest BCUT2D eigenvalue weighted by Crippen LogP contribution is -2.36. The molecule has 0 aliphatic rings. The smallest absolute Gasteiger partial charge is 0.416 e. The minimum atomic E-state index is -4.45. The predicted octanol–water partition coefficient (Wildman–Crippen LogP) is 3.80. The lowest BCUT2D eigenvalue weighted by Gasteiger charge is -2.13. The van der Waals surface area contributed by atoms with Crippen LogP contribution in [0.5, 0.6) is 5.75 Å². The van der Waals surface area contributed by atoms with Crippen LogP contribution in [-0.2, 0) is 38.6 Å². The number of hydrogen-bond acceptors (Lipinski definition) is 7. The molecule has 3 aromatic carbocycles. The summed E-state index contributed by atoms with van der Waals surface area (Å²) < 4.78 is 75.8. The molecule has 1 atom stereocenters. The molecule has 0 aliphatic carbocycles. The number of hydrogen-bond donors (Lipinski definition) is 2. The molecule has 0 aliphatic heterocycles. The number of esters is 2. The second-order valence-electron chi connectivity index (χ2n) is 8.69. The first-order chi connectivity index (χ1) is 18.3. The molecular weight excluding hydrogens is 537 g/mol. The number of carbonyl (C=O) groups is 2. The largest absolute Gasteiger partial charge is 0.465 e. The number of benzene rings is 3. The Morgan fingerprint density at radius 2 is 1.59 bits per heavy atom. The predicted molar refractivity (Wildman–Crippen MR) is 137 cm³/mol. The zero-order valence-electron chi connectivity index (χ0n) is 21.1. The molecule has 0 unspecified atom stereocenters. The minimum absolute atomic E-state index is 0.00268. The van der Waals surface area contributed by atoms with Crippen molar-refractivity contribution in [3.05, 3.63) is 94.5 Å². The van der Waals surface area contributed by atoms with Crippen LogP contribution >= 0.6 is 0 Å². The van der Waals surface area contributed by atoms with Crippen molar-refractivity contribution >= 4 is 22.0 Å². The van der Waals surface area contributed by atoms with E-state index < -0.39 is 39.7 Å². The monoisotopic (exact) mass is 564 g/mol. The first kappa shape index (κ1) is 29.8. The highest BCUT2D eigenvalue weighted by Gasteiger charge is 2.30. The number of sulfonamides is 1. The maximum absolute atomic E-state index is 12.7. The SMILES string of the molecule is COC(=O)c1cc(S(=O)(=O)NCCc2ccc(OC(=O)[C@@H](N)Cc3ccc(C(F)(F)F)cc3)cc2)ccc1C. The maximum Gasteiger partial charge on any atom is 0.416 e. The molecule has 0 heterocycles. The van der Waals surface area contributed by atoms with Gasteiger partial charge in [-0.3, -0.25) is 0 Å². The average molecular weight is 565 g/mol. The van der Waals surface area contributed by atoms with Gasteiger partial charge in [-0.15, -0.1) is 0 Å². The van der Waals surface area contributed by atoms with Crippen molar-refractivity contribution in [1.29, 1.82) is 0 Å². The number of ether oxygens (including phenoxy) is 2. The summed E-state index contributed by atoms with van der Waals surface area (Å²) in [6.07, 6.45) is -4.12. The lowest BCUT2D eigenvalue weighted by molar-refractivity contribution is -0.138. The average Bonchev–Trinajstić information content (AvgIpc) is 2.89. The number of nitrogens with two attached hydrogens (primary N) is 1. The number of methoxy groups -OCH3 is 1. The van der Waals surface area contributed by atoms with Crippen LogP contribution in [0.1, 0.15) is 32.6 Å². The highest BCUT2D eigenvalue weighted by atomic mass is 32.2. The van der Waals surface area contributed by atoms with Gasteiger partial charge in [0.2, 0.25) is 10.0 Å². The summed E-state index contributed by atoms with van der Waals surface area (Å²) in [6, 6.07) is 13.8. The first-order valence-electron chi connectivity index (χ1n) is 11.7. The third-order valence-electron chi connectivity index (χ3n) is 5.81. The van der Waals surface area contributed by atoms with E-state index in [0.29, 0.717) is 17.5 Å². The number of aryl methyl sites for hydroxylation is 1. The Morgan fingerprint density at radius 3 is 2.18 bits per heavy atom. The Labute approximate surface area is 224 Å². The Balaban J connectivity index is 1.52. The summed E-state index contributed by atoms with van der Waals surface area (Å²) in [5.74, 6) is -1.17. The van der Waals surface area contributed by atoms with E-state index in [1.807, 2.05) is 0 Å². The van der Waals surface area contributed by atoms with Gasteiger partial charge in [0.25, 0.3) is 0 Å². The number of halogens is 3. The van der Waals surface area contributed by atoms with E-state index >= 15 is 0 Å². The van der Waals surface area contributed by atoms with Gasteiger partial charge < -0.3 is 15.2 Å². The normalized spacial score (nSPS) is 12.6. The fourth-order valence-electron chi connectivity index (χ4n) is 3.59. The zero-order chi connectivity index (χ0) is 28.8. The van der Waals surface area contributed by atoms with Crippen molar-refractivity contribution in [1.82, 2.24) is 4.72 Å². The first-order valence-corrected chi connectivity index (χ1v) is 13.2. The van der Waals surface area contributed by atoms with Crippen LogP contribution in [0, 0.1) is 6.92 Å². The van der Waals surface area contributed by atoms with Crippen molar-refractivity contribution in [3.63, 3.8) is 0 Å². The lowest BCUT2D eigenvalue weighted by atomic mass is 10.0. The molecule has 0 amide bonds. The fourth-order valence-corrected chi connectivity index (χ4v) is 4.65. The Morgan fingerprint density at radius 1 is 0.974 bits per heavy atom. The molecule has 0 bridgehead atoms. The van der Waals surface area contributed by atoms with Crippen molar-refractivity contribution in [3.8, 4) is 5.75 Å². The van der Waals surface area contributed by atoms with Crippen molar-refractivity contribution in [2.75, 3.05) is 13.7 Å². The van der Waals surface area contributed by atoms with E-state index in [0.717, 1.165) is 17.7 Å². The highest BCUT2D eigenvalue weighted by Crippen LogP contribution is 2.29. The van der Waals surface area contributed by atoms with E-state index in [1.165, 1.54) is 49.6 Å². The molecule has 3 rings (SSSR count). The van der Waals surface area contributed by atoms with Gasteiger partial charge in [-0.1, -0.05) is 30.3 Å². The number of nitrogens with one attached hydrogen (secondary N) is 1. The number of rotatable bonds is 10. The third-order valence-corrected chi connectivity index (χ3v) is 7.27. The third kappa shape index (κ3) is 8.12. The minimum Gasteiger partial charge on any atom is -0.465 e. The Hall–Kier alpha value is -3.74. The van der Waals surface area contributed by atoms with E-state index in [4.69, 9.17) is 10.5 Å². The molecule has 0 saturated carbocycles. The summed E-state index contributed by atoms with van der Waals surface area (Å²) >= 11 is 0. The van der Waals surface area contributed by atoms with Crippen molar-refractivity contribution in [2.24, 2.45) is 5.73 Å². The molecule has 0 radical (unpaired) electrons. The second kappa shape index (κ2) is 12.4. The summed E-state index contributed by atoms with van der Waals surface area (Å²) in [7, 11) is -2.66. The fraction of sp³-hybridized carbons (Fsp3) is 0.259. The summed E-state index contributed by atoms with van der Waals surface area (Å²) in [6.45, 7) is 1.74. The summed E-state index contributed by atoms with van der Waals surface area (Å²) in [5.41, 5.74) is 7.02. The summed E-state index contributed by atoms with van der Waals surface area (Å²) in [4.78, 5) is 24.1. The van der Waals surface area contributed by atoms with Gasteiger partial charge in [0, 0.05) is 6.54 Å². The van der Waals surface area contributed by atoms with Crippen LogP contribution in [0.15, 0.2) is 71.6 Å². The second-order valence-corrected chi connectivity index (χ2v) is 10.5. The van der Waals surface area contributed by atoms with E-state index in [-0.39, 0.29) is 29.2 Å². The van der Waals surface area contributed by atoms with Crippen LogP contribution in [0.4, 0.5) is 13.2 Å². The molecule has 12 heteroatoms. The van der Waals surface area contributed by atoms with Gasteiger partial charge >= 0.3 is 18.1 Å². The molecule has 8 nitrogen and oxygen atoms in total. The van der Waals surface area contributed by atoms with Crippen molar-refractivity contribution in [2.45, 2.75) is 36.9 Å². The maximum atomic E-state index is 12.7. The quantitative estimate of drug-likeness (QED) is 0.284. The van der Waals surface area contributed by atoms with Gasteiger partial charge in [-0.25, -0.2) is 22.7 Å². The van der Waals surface area contributed by atoms with Gasteiger partial charge in [-0.05, 0) is 72.9 Å². The molecule has 0 saturated heterocycles. The van der Waals surface area contributed by atoms with Gasteiger partial charge in [0.1, 0.15) is 11.8 Å². The van der Waals surface area contributed by atoms with E-state index in [1.54, 1.807) is 19.1 Å². The molecular formula is C27H27F3N2O6S. The van der Waals surface area contributed by atoms with E-state index in [9.17, 15) is 31.2 Å². The number of carbonyl (C=O) groups excluding carboxylic acids is 2. The molecule has 0 aromatic heterocycles. The molecule has 3 aromatic rings. The molecule has 208 valence electrons. The Kier molecular flexibility index (Phi) is 9.49. The van der Waals surface area contributed by atoms with Crippen LogP contribution in [-0.4, -0.2) is 40.1 Å². The van der Waals surface area contributed by atoms with Crippen LogP contribution < -0.4 is 15.2 Å². The molecule has 3 N–H and O–H groups in total. The molecule has 0 spiro atoms. The van der Waals surface area contributed by atoms with Crippen LogP contribution in [0.3, 0.4) is 0 Å². The van der Waals surface area contributed by atoms with Gasteiger partial charge in [-0.2, -0.15) is 13.2 Å². The van der Waals surface area contributed by atoms with Gasteiger partial charge in [0.15, 0.2) is 0 Å².